The van der Waals surface area contributed by atoms with Gasteiger partial charge in [0.25, 0.3) is 0 Å². The van der Waals surface area contributed by atoms with Gasteiger partial charge in [-0.2, -0.15) is 0 Å². The number of benzene rings is 1. The molecule has 0 spiro atoms. The predicted molar refractivity (Wildman–Crippen MR) is 90.5 cm³/mol. The van der Waals surface area contributed by atoms with Crippen molar-refractivity contribution in [1.82, 2.24) is 9.80 Å². The van der Waals surface area contributed by atoms with E-state index in [4.69, 9.17) is 9.47 Å². The summed E-state index contributed by atoms with van der Waals surface area (Å²) < 4.78 is 10.5. The summed E-state index contributed by atoms with van der Waals surface area (Å²) >= 11 is 0. The molecule has 1 aliphatic rings. The second-order valence-corrected chi connectivity index (χ2v) is 5.52. The zero-order chi connectivity index (χ0) is 17.9. The standard InChI is InChI=1S/C18H22N2O4/c1-6-10-24-14-9-7-8-13(11-14)16-15(17(21)23-5)12(2)19(3)18(22)20(16)4/h6-9,11,16H,1,10H2,2-5H3/t16-/m1/s1. The van der Waals surface area contributed by atoms with Gasteiger partial charge < -0.3 is 19.3 Å². The van der Waals surface area contributed by atoms with Crippen molar-refractivity contribution in [1.29, 1.82) is 0 Å². The minimum Gasteiger partial charge on any atom is -0.490 e. The molecule has 0 saturated carbocycles. The van der Waals surface area contributed by atoms with Crippen LogP contribution in [-0.4, -0.2) is 49.6 Å². The van der Waals surface area contributed by atoms with Crippen LogP contribution in [-0.2, 0) is 9.53 Å². The lowest BCUT2D eigenvalue weighted by molar-refractivity contribution is -0.137. The summed E-state index contributed by atoms with van der Waals surface area (Å²) in [4.78, 5) is 27.7. The maximum Gasteiger partial charge on any atom is 0.337 e. The molecule has 0 saturated heterocycles. The predicted octanol–water partition coefficient (Wildman–Crippen LogP) is 2.74. The maximum atomic E-state index is 12.5. The Labute approximate surface area is 141 Å². The molecule has 1 heterocycles. The summed E-state index contributed by atoms with van der Waals surface area (Å²) in [5, 5.41) is 0. The van der Waals surface area contributed by atoms with E-state index in [1.807, 2.05) is 24.3 Å². The number of carbonyl (C=O) groups excluding carboxylic acids is 2. The smallest absolute Gasteiger partial charge is 0.337 e. The Balaban J connectivity index is 2.53. The van der Waals surface area contributed by atoms with Crippen LogP contribution in [0.25, 0.3) is 0 Å². The van der Waals surface area contributed by atoms with Gasteiger partial charge in [0, 0.05) is 19.8 Å². The first-order valence-electron chi connectivity index (χ1n) is 7.55. The molecule has 2 rings (SSSR count). The second kappa shape index (κ2) is 7.21. The minimum absolute atomic E-state index is 0.192. The highest BCUT2D eigenvalue weighted by molar-refractivity contribution is 5.94. The molecule has 1 atom stereocenters. The molecule has 6 heteroatoms. The molecular formula is C18H22N2O4. The van der Waals surface area contributed by atoms with E-state index < -0.39 is 12.0 Å². The third kappa shape index (κ3) is 3.13. The van der Waals surface area contributed by atoms with Crippen LogP contribution in [0, 0.1) is 0 Å². The molecule has 1 aliphatic heterocycles. The number of methoxy groups -OCH3 is 1. The fourth-order valence-corrected chi connectivity index (χ4v) is 2.75. The minimum atomic E-state index is -0.534. The third-order valence-electron chi connectivity index (χ3n) is 4.09. The summed E-state index contributed by atoms with van der Waals surface area (Å²) in [6, 6.07) is 6.60. The largest absolute Gasteiger partial charge is 0.490 e. The summed E-state index contributed by atoms with van der Waals surface area (Å²) in [6.07, 6.45) is 1.65. The Hall–Kier alpha value is -2.76. The Morgan fingerprint density at radius 3 is 2.71 bits per heavy atom. The lowest BCUT2D eigenvalue weighted by atomic mass is 9.93. The van der Waals surface area contributed by atoms with Gasteiger partial charge in [0.15, 0.2) is 0 Å². The topological polar surface area (TPSA) is 59.1 Å². The fourth-order valence-electron chi connectivity index (χ4n) is 2.75. The Morgan fingerprint density at radius 2 is 2.08 bits per heavy atom. The molecule has 2 amide bonds. The highest BCUT2D eigenvalue weighted by atomic mass is 16.5. The summed E-state index contributed by atoms with van der Waals surface area (Å²) in [5.74, 6) is 0.190. The van der Waals surface area contributed by atoms with Crippen molar-refractivity contribution in [2.45, 2.75) is 13.0 Å². The number of esters is 1. The number of nitrogens with zero attached hydrogens (tertiary/aromatic N) is 2. The number of urea groups is 1. The Kier molecular flexibility index (Phi) is 5.28. The van der Waals surface area contributed by atoms with Gasteiger partial charge in [-0.25, -0.2) is 9.59 Å². The molecule has 1 aromatic rings. The van der Waals surface area contributed by atoms with Crippen molar-refractivity contribution in [2.24, 2.45) is 0 Å². The van der Waals surface area contributed by atoms with Crippen molar-refractivity contribution in [3.8, 4) is 5.75 Å². The molecule has 6 nitrogen and oxygen atoms in total. The van der Waals surface area contributed by atoms with Crippen molar-refractivity contribution in [3.63, 3.8) is 0 Å². The Bertz CT molecular complexity index is 696. The van der Waals surface area contributed by atoms with Crippen LogP contribution < -0.4 is 4.74 Å². The first kappa shape index (κ1) is 17.6. The van der Waals surface area contributed by atoms with Crippen LogP contribution in [0.3, 0.4) is 0 Å². The van der Waals surface area contributed by atoms with Gasteiger partial charge in [0.2, 0.25) is 0 Å². The van der Waals surface area contributed by atoms with Crippen LogP contribution in [0.4, 0.5) is 4.79 Å². The average Bonchev–Trinajstić information content (AvgIpc) is 2.60. The number of likely N-dealkylation sites (N-methyl/N-ethyl adjacent to an activating group) is 1. The Morgan fingerprint density at radius 1 is 1.38 bits per heavy atom. The van der Waals surface area contributed by atoms with E-state index in [1.54, 1.807) is 27.1 Å². The van der Waals surface area contributed by atoms with Crippen LogP contribution in [0.15, 0.2) is 48.2 Å². The van der Waals surface area contributed by atoms with E-state index in [2.05, 4.69) is 6.58 Å². The van der Waals surface area contributed by atoms with Crippen LogP contribution in [0.5, 0.6) is 5.75 Å². The van der Waals surface area contributed by atoms with Gasteiger partial charge in [0.05, 0.1) is 18.7 Å². The lowest BCUT2D eigenvalue weighted by Crippen LogP contribution is -2.47. The SMILES string of the molecule is C=CCOc1cccc([C@@H]2C(C(=O)OC)=C(C)N(C)C(=O)N2C)c1. The van der Waals surface area contributed by atoms with Crippen LogP contribution >= 0.6 is 0 Å². The molecule has 0 aromatic heterocycles. The van der Waals surface area contributed by atoms with E-state index in [9.17, 15) is 9.59 Å². The first-order valence-corrected chi connectivity index (χ1v) is 7.55. The molecular weight excluding hydrogens is 308 g/mol. The lowest BCUT2D eigenvalue weighted by Gasteiger charge is -2.39. The van der Waals surface area contributed by atoms with Gasteiger partial charge in [-0.15, -0.1) is 0 Å². The van der Waals surface area contributed by atoms with Crippen molar-refractivity contribution in [2.75, 3.05) is 27.8 Å². The van der Waals surface area contributed by atoms with E-state index in [-0.39, 0.29) is 6.03 Å². The van der Waals surface area contributed by atoms with Crippen molar-refractivity contribution >= 4 is 12.0 Å². The number of rotatable bonds is 5. The number of ether oxygens (including phenoxy) is 2. The van der Waals surface area contributed by atoms with Gasteiger partial charge in [0.1, 0.15) is 12.4 Å². The molecule has 1 aromatic carbocycles. The van der Waals surface area contributed by atoms with Crippen LogP contribution in [0.1, 0.15) is 18.5 Å². The highest BCUT2D eigenvalue weighted by Crippen LogP contribution is 2.37. The van der Waals surface area contributed by atoms with Gasteiger partial charge in [-0.3, -0.25) is 0 Å². The van der Waals surface area contributed by atoms with Crippen molar-refractivity contribution < 1.29 is 19.1 Å². The van der Waals surface area contributed by atoms with E-state index in [1.165, 1.54) is 16.9 Å². The van der Waals surface area contributed by atoms with E-state index >= 15 is 0 Å². The molecule has 0 radical (unpaired) electrons. The molecule has 0 aliphatic carbocycles. The zero-order valence-corrected chi connectivity index (χ0v) is 14.4. The van der Waals surface area contributed by atoms with E-state index in [0.717, 1.165) is 5.56 Å². The molecule has 0 fully saturated rings. The highest BCUT2D eigenvalue weighted by Gasteiger charge is 2.39. The molecule has 0 bridgehead atoms. The van der Waals surface area contributed by atoms with E-state index in [0.29, 0.717) is 23.6 Å². The molecule has 0 unspecified atom stereocenters. The van der Waals surface area contributed by atoms with Gasteiger partial charge >= 0.3 is 12.0 Å². The fraction of sp³-hybridized carbons (Fsp3) is 0.333. The summed E-state index contributed by atoms with van der Waals surface area (Å²) in [5.41, 5.74) is 1.79. The second-order valence-electron chi connectivity index (χ2n) is 5.52. The number of hydrogen-bond acceptors (Lipinski definition) is 4. The number of amides is 2. The average molecular weight is 330 g/mol. The molecule has 0 N–H and O–H groups in total. The normalized spacial score (nSPS) is 17.8. The quantitative estimate of drug-likeness (QED) is 0.615. The zero-order valence-electron chi connectivity index (χ0n) is 14.4. The summed E-state index contributed by atoms with van der Waals surface area (Å²) in [7, 11) is 4.63. The monoisotopic (exact) mass is 330 g/mol. The third-order valence-corrected chi connectivity index (χ3v) is 4.09. The maximum absolute atomic E-state index is 12.5. The van der Waals surface area contributed by atoms with Gasteiger partial charge in [-0.1, -0.05) is 24.8 Å². The molecule has 24 heavy (non-hydrogen) atoms. The number of carbonyl (C=O) groups is 2. The van der Waals surface area contributed by atoms with Gasteiger partial charge in [-0.05, 0) is 24.6 Å². The van der Waals surface area contributed by atoms with Crippen LogP contribution in [0.2, 0.25) is 0 Å². The summed E-state index contributed by atoms with van der Waals surface area (Å²) in [6.45, 7) is 5.74. The number of hydrogen-bond donors (Lipinski definition) is 0. The van der Waals surface area contributed by atoms with Crippen molar-refractivity contribution in [3.05, 3.63) is 53.8 Å². The molecule has 128 valence electrons. The number of allylic oxidation sites excluding steroid dienone is 1. The first-order chi connectivity index (χ1) is 11.4.